The van der Waals surface area contributed by atoms with Crippen LogP contribution in [0, 0.1) is 5.92 Å². The molecule has 0 amide bonds. The zero-order valence-electron chi connectivity index (χ0n) is 21.3. The maximum absolute atomic E-state index is 5.00. The Balaban J connectivity index is 1.35. The van der Waals surface area contributed by atoms with E-state index < -0.39 is 0 Å². The molecule has 0 saturated carbocycles. The zero-order chi connectivity index (χ0) is 25.5. The highest BCUT2D eigenvalue weighted by Crippen LogP contribution is 2.57. The summed E-state index contributed by atoms with van der Waals surface area (Å²) in [6.45, 7) is 0. The molecule has 0 saturated heterocycles. The molecule has 3 aliphatic carbocycles. The number of thiophene rings is 1. The Hall–Kier alpha value is -4.27. The van der Waals surface area contributed by atoms with Crippen LogP contribution in [0.5, 0.6) is 0 Å². The molecule has 1 aromatic heterocycles. The van der Waals surface area contributed by atoms with Crippen LogP contribution in [0.2, 0.25) is 0 Å². The van der Waals surface area contributed by atoms with Crippen LogP contribution in [-0.4, -0.2) is 5.71 Å². The third-order valence-corrected chi connectivity index (χ3v) is 10.4. The third-order valence-electron chi connectivity index (χ3n) is 9.06. The molecular formula is C37H25NS. The van der Waals surface area contributed by atoms with Gasteiger partial charge in [-0.2, -0.15) is 0 Å². The van der Waals surface area contributed by atoms with Crippen LogP contribution in [0.3, 0.4) is 0 Å². The summed E-state index contributed by atoms with van der Waals surface area (Å²) in [6.07, 6.45) is 14.6. The number of hydrogen-bond acceptors (Lipinski definition) is 2. The minimum Gasteiger partial charge on any atom is -0.265 e. The van der Waals surface area contributed by atoms with Crippen LogP contribution >= 0.6 is 11.3 Å². The summed E-state index contributed by atoms with van der Waals surface area (Å²) in [5, 5.41) is 2.69. The Morgan fingerprint density at radius 2 is 1.49 bits per heavy atom. The van der Waals surface area contributed by atoms with Gasteiger partial charge in [0.05, 0.1) is 0 Å². The first kappa shape index (κ1) is 21.6. The van der Waals surface area contributed by atoms with Crippen molar-refractivity contribution < 1.29 is 0 Å². The lowest BCUT2D eigenvalue weighted by molar-refractivity contribution is 0.701. The van der Waals surface area contributed by atoms with Crippen LogP contribution < -0.4 is 0 Å². The van der Waals surface area contributed by atoms with Gasteiger partial charge in [-0.05, 0) is 45.4 Å². The first-order valence-corrected chi connectivity index (χ1v) is 14.6. The number of fused-ring (bicyclic) bond motifs is 8. The molecule has 0 N–H and O–H groups in total. The van der Waals surface area contributed by atoms with Gasteiger partial charge in [-0.25, -0.2) is 0 Å². The van der Waals surface area contributed by atoms with Crippen molar-refractivity contribution in [3.8, 4) is 11.1 Å². The van der Waals surface area contributed by atoms with E-state index in [1.54, 1.807) is 0 Å². The molecular weight excluding hydrogens is 490 g/mol. The molecule has 184 valence electrons. The Morgan fingerprint density at radius 3 is 2.36 bits per heavy atom. The normalized spacial score (nSPS) is 22.3. The molecule has 5 aromatic rings. The minimum absolute atomic E-state index is 0.318. The molecule has 3 atom stereocenters. The van der Waals surface area contributed by atoms with Gasteiger partial charge in [0.1, 0.15) is 0 Å². The number of rotatable bonds is 2. The highest BCUT2D eigenvalue weighted by atomic mass is 32.1. The number of benzene rings is 4. The largest absolute Gasteiger partial charge is 0.265 e. The third kappa shape index (κ3) is 2.93. The van der Waals surface area contributed by atoms with E-state index in [1.807, 2.05) is 17.5 Å². The fourth-order valence-electron chi connectivity index (χ4n) is 7.51. The van der Waals surface area contributed by atoms with Crippen molar-refractivity contribution in [3.05, 3.63) is 149 Å². The van der Waals surface area contributed by atoms with E-state index >= 15 is 0 Å². The van der Waals surface area contributed by atoms with Crippen molar-refractivity contribution in [2.45, 2.75) is 18.3 Å². The first-order chi connectivity index (χ1) is 19.4. The Labute approximate surface area is 231 Å². The lowest BCUT2D eigenvalue weighted by Gasteiger charge is -2.34. The molecule has 0 spiro atoms. The average Bonchev–Trinajstić information content (AvgIpc) is 3.55. The number of aliphatic imine (C=N–C) groups is 1. The molecule has 3 unspecified atom stereocenters. The van der Waals surface area contributed by atoms with Crippen LogP contribution in [0.4, 0.5) is 0 Å². The smallest absolute Gasteiger partial charge is 0.0434 e. The number of hydrogen-bond donors (Lipinski definition) is 0. The summed E-state index contributed by atoms with van der Waals surface area (Å²) >= 11 is 1.95. The molecule has 0 fully saturated rings. The van der Waals surface area contributed by atoms with Gasteiger partial charge in [0.2, 0.25) is 0 Å². The van der Waals surface area contributed by atoms with Crippen molar-refractivity contribution in [2.24, 2.45) is 10.9 Å². The Bertz CT molecular complexity index is 2000. The van der Waals surface area contributed by atoms with Crippen LogP contribution in [0.25, 0.3) is 36.9 Å². The fraction of sp³-hybridized carbons (Fsp3) is 0.108. The van der Waals surface area contributed by atoms with Crippen molar-refractivity contribution in [2.75, 3.05) is 0 Å². The van der Waals surface area contributed by atoms with E-state index in [2.05, 4.69) is 115 Å². The molecule has 2 heteroatoms. The van der Waals surface area contributed by atoms with Crippen molar-refractivity contribution in [3.63, 3.8) is 0 Å². The maximum Gasteiger partial charge on any atom is 0.0434 e. The molecule has 9 rings (SSSR count). The van der Waals surface area contributed by atoms with Gasteiger partial charge in [-0.1, -0.05) is 115 Å². The summed E-state index contributed by atoms with van der Waals surface area (Å²) in [4.78, 5) is 5.00. The second kappa shape index (κ2) is 8.11. The van der Waals surface area contributed by atoms with Crippen molar-refractivity contribution in [1.82, 2.24) is 0 Å². The van der Waals surface area contributed by atoms with Gasteiger partial charge < -0.3 is 0 Å². The first-order valence-electron chi connectivity index (χ1n) is 13.8. The van der Waals surface area contributed by atoms with Crippen LogP contribution in [0.15, 0.2) is 132 Å². The molecule has 4 aromatic carbocycles. The van der Waals surface area contributed by atoms with E-state index in [1.165, 1.54) is 70.4 Å². The predicted molar refractivity (Wildman–Crippen MR) is 166 cm³/mol. The zero-order valence-corrected chi connectivity index (χ0v) is 22.2. The number of allylic oxidation sites excluding steroid dienone is 6. The minimum atomic E-state index is 0.318. The number of nitrogens with zero attached hydrogens (tertiary/aromatic N) is 1. The molecule has 1 nitrogen and oxygen atoms in total. The average molecular weight is 516 g/mol. The second-order valence-electron chi connectivity index (χ2n) is 10.9. The fourth-order valence-corrected chi connectivity index (χ4v) is 8.87. The predicted octanol–water partition coefficient (Wildman–Crippen LogP) is 9.82. The van der Waals surface area contributed by atoms with Gasteiger partial charge >= 0.3 is 0 Å². The van der Waals surface area contributed by atoms with E-state index in [4.69, 9.17) is 4.99 Å². The highest BCUT2D eigenvalue weighted by molar-refractivity contribution is 7.26. The quantitative estimate of drug-likeness (QED) is 0.222. The summed E-state index contributed by atoms with van der Waals surface area (Å²) in [5.74, 6) is 1.05. The monoisotopic (exact) mass is 515 g/mol. The lowest BCUT2D eigenvalue weighted by Crippen LogP contribution is -2.25. The van der Waals surface area contributed by atoms with Gasteiger partial charge in [-0.3, -0.25) is 4.99 Å². The van der Waals surface area contributed by atoms with Gasteiger partial charge in [0.25, 0.3) is 0 Å². The van der Waals surface area contributed by atoms with E-state index in [0.29, 0.717) is 17.8 Å². The van der Waals surface area contributed by atoms with Gasteiger partial charge in [-0.15, -0.1) is 11.3 Å². The Morgan fingerprint density at radius 1 is 0.718 bits per heavy atom. The SMILES string of the molecule is C1=CC2=C(c3cccc4c3sc3c(-c5ccccc5)cccc34)c3cccc4c3C(C3=NC=CCC34)C2C=C1. The standard InChI is InChI=1S/C37H25NS/c1-2-10-22(11-3-1)23-14-6-16-28-29-17-8-19-31(37(29)39-36(23)28)32-24-12-4-5-13-25(24)34-33-26(15-7-18-30(32)33)27-20-9-21-38-35(27)34/h1-19,21,25,27,34H,20H2. The summed E-state index contributed by atoms with van der Waals surface area (Å²) < 4.78 is 2.75. The molecule has 1 aliphatic heterocycles. The van der Waals surface area contributed by atoms with Crippen LogP contribution in [-0.2, 0) is 0 Å². The maximum atomic E-state index is 5.00. The molecule has 4 aliphatic rings. The summed E-state index contributed by atoms with van der Waals surface area (Å²) in [7, 11) is 0. The van der Waals surface area contributed by atoms with Crippen LogP contribution in [0.1, 0.15) is 40.5 Å². The summed E-state index contributed by atoms with van der Waals surface area (Å²) in [5.41, 5.74) is 12.5. The topological polar surface area (TPSA) is 12.4 Å². The van der Waals surface area contributed by atoms with E-state index in [9.17, 15) is 0 Å². The van der Waals surface area contributed by atoms with Gasteiger partial charge in [0.15, 0.2) is 0 Å². The van der Waals surface area contributed by atoms with Crippen molar-refractivity contribution in [1.29, 1.82) is 0 Å². The van der Waals surface area contributed by atoms with Gasteiger partial charge in [0, 0.05) is 55.4 Å². The summed E-state index contributed by atoms with van der Waals surface area (Å²) in [6, 6.07) is 31.5. The Kier molecular flexibility index (Phi) is 4.50. The molecule has 0 bridgehead atoms. The molecule has 2 heterocycles. The van der Waals surface area contributed by atoms with E-state index in [0.717, 1.165) is 6.42 Å². The lowest BCUT2D eigenvalue weighted by atomic mass is 9.69. The molecule has 0 radical (unpaired) electrons. The second-order valence-corrected chi connectivity index (χ2v) is 12.0. The van der Waals surface area contributed by atoms with E-state index in [-0.39, 0.29) is 0 Å². The highest BCUT2D eigenvalue weighted by Gasteiger charge is 2.46. The van der Waals surface area contributed by atoms with Crippen molar-refractivity contribution >= 4 is 42.8 Å². The molecule has 39 heavy (non-hydrogen) atoms.